The standard InChI is InChI=1S/C14H17FN2O3S/c15-11-3-1-2-4-12(11)21(19,20)17-7-5-14(6-8-17)9-13(18)16-10-14/h1-4H,5-10H2,(H,16,18). The van der Waals surface area contributed by atoms with E-state index in [1.54, 1.807) is 0 Å². The maximum Gasteiger partial charge on any atom is 0.245 e. The number of nitrogens with zero attached hydrogens (tertiary/aromatic N) is 1. The Kier molecular flexibility index (Phi) is 3.49. The molecule has 2 aliphatic rings. The fraction of sp³-hybridized carbons (Fsp3) is 0.500. The highest BCUT2D eigenvalue weighted by molar-refractivity contribution is 7.89. The third-order valence-electron chi connectivity index (χ3n) is 4.43. The van der Waals surface area contributed by atoms with Crippen LogP contribution in [0.25, 0.3) is 0 Å². The molecule has 1 aromatic rings. The molecule has 0 atom stereocenters. The van der Waals surface area contributed by atoms with Gasteiger partial charge in [0.25, 0.3) is 0 Å². The predicted molar refractivity (Wildman–Crippen MR) is 74.5 cm³/mol. The van der Waals surface area contributed by atoms with Gasteiger partial charge in [-0.2, -0.15) is 4.31 Å². The lowest BCUT2D eigenvalue weighted by atomic mass is 9.78. The van der Waals surface area contributed by atoms with E-state index in [0.29, 0.717) is 38.9 Å². The van der Waals surface area contributed by atoms with Gasteiger partial charge in [-0.15, -0.1) is 0 Å². The molecule has 0 saturated carbocycles. The lowest BCUT2D eigenvalue weighted by molar-refractivity contribution is -0.119. The summed E-state index contributed by atoms with van der Waals surface area (Å²) in [6, 6.07) is 5.42. The van der Waals surface area contributed by atoms with E-state index in [2.05, 4.69) is 5.32 Å². The molecule has 2 heterocycles. The minimum Gasteiger partial charge on any atom is -0.356 e. The number of nitrogens with one attached hydrogen (secondary N) is 1. The van der Waals surface area contributed by atoms with Crippen LogP contribution in [0, 0.1) is 11.2 Å². The van der Waals surface area contributed by atoms with Gasteiger partial charge in [0.1, 0.15) is 10.7 Å². The van der Waals surface area contributed by atoms with Crippen molar-refractivity contribution in [2.45, 2.75) is 24.2 Å². The van der Waals surface area contributed by atoms with Crippen molar-refractivity contribution in [3.05, 3.63) is 30.1 Å². The Hall–Kier alpha value is -1.47. The topological polar surface area (TPSA) is 66.5 Å². The molecule has 1 N–H and O–H groups in total. The second-order valence-electron chi connectivity index (χ2n) is 5.79. The van der Waals surface area contributed by atoms with Crippen molar-refractivity contribution in [2.24, 2.45) is 5.41 Å². The number of amides is 1. The number of hydrogen-bond donors (Lipinski definition) is 1. The Balaban J connectivity index is 1.78. The smallest absolute Gasteiger partial charge is 0.245 e. The third-order valence-corrected chi connectivity index (χ3v) is 6.37. The zero-order valence-corrected chi connectivity index (χ0v) is 12.3. The molecular formula is C14H17FN2O3S. The van der Waals surface area contributed by atoms with Crippen molar-refractivity contribution in [1.82, 2.24) is 9.62 Å². The van der Waals surface area contributed by atoms with Crippen molar-refractivity contribution >= 4 is 15.9 Å². The minimum atomic E-state index is -3.80. The summed E-state index contributed by atoms with van der Waals surface area (Å²) in [5, 5.41) is 2.81. The van der Waals surface area contributed by atoms with Crippen LogP contribution in [0.3, 0.4) is 0 Å². The SMILES string of the molecule is O=C1CC2(CCN(S(=O)(=O)c3ccccc3F)CC2)CN1. The van der Waals surface area contributed by atoms with Gasteiger partial charge in [-0.05, 0) is 30.4 Å². The average Bonchev–Trinajstić information content (AvgIpc) is 2.80. The molecule has 114 valence electrons. The first-order valence-corrected chi connectivity index (χ1v) is 8.38. The lowest BCUT2D eigenvalue weighted by Gasteiger charge is -2.37. The normalized spacial score (nSPS) is 22.4. The summed E-state index contributed by atoms with van der Waals surface area (Å²) in [6.07, 6.45) is 1.71. The predicted octanol–water partition coefficient (Wildman–Crippen LogP) is 1.12. The second-order valence-corrected chi connectivity index (χ2v) is 7.69. The fourth-order valence-corrected chi connectivity index (χ4v) is 4.61. The number of benzene rings is 1. The van der Waals surface area contributed by atoms with Crippen LogP contribution in [-0.4, -0.2) is 38.3 Å². The Labute approximate surface area is 123 Å². The van der Waals surface area contributed by atoms with Crippen molar-refractivity contribution in [3.8, 4) is 0 Å². The molecule has 5 nitrogen and oxygen atoms in total. The van der Waals surface area contributed by atoms with Gasteiger partial charge in [-0.25, -0.2) is 12.8 Å². The zero-order chi connectivity index (χ0) is 15.1. The van der Waals surface area contributed by atoms with Gasteiger partial charge in [-0.3, -0.25) is 4.79 Å². The molecule has 2 aliphatic heterocycles. The van der Waals surface area contributed by atoms with Crippen molar-refractivity contribution in [3.63, 3.8) is 0 Å². The van der Waals surface area contributed by atoms with Crippen LogP contribution < -0.4 is 5.32 Å². The Bertz CT molecular complexity index is 667. The van der Waals surface area contributed by atoms with Crippen LogP contribution in [-0.2, 0) is 14.8 Å². The van der Waals surface area contributed by atoms with Gasteiger partial charge in [0, 0.05) is 26.1 Å². The Morgan fingerprint density at radius 3 is 2.43 bits per heavy atom. The summed E-state index contributed by atoms with van der Waals surface area (Å²) < 4.78 is 40.0. The molecule has 3 rings (SSSR count). The maximum atomic E-state index is 13.7. The van der Waals surface area contributed by atoms with Gasteiger partial charge in [0.2, 0.25) is 15.9 Å². The lowest BCUT2D eigenvalue weighted by Crippen LogP contribution is -2.44. The maximum absolute atomic E-state index is 13.7. The van der Waals surface area contributed by atoms with Crippen molar-refractivity contribution in [2.75, 3.05) is 19.6 Å². The summed E-state index contributed by atoms with van der Waals surface area (Å²) in [5.41, 5.74) is -0.127. The molecule has 0 aliphatic carbocycles. The summed E-state index contributed by atoms with van der Waals surface area (Å²) in [6.45, 7) is 1.26. The number of rotatable bonds is 2. The first-order chi connectivity index (χ1) is 9.93. The van der Waals surface area contributed by atoms with E-state index in [0.717, 1.165) is 6.07 Å². The first kappa shape index (κ1) is 14.5. The highest BCUT2D eigenvalue weighted by Gasteiger charge is 2.43. The van der Waals surface area contributed by atoms with Crippen LogP contribution in [0.5, 0.6) is 0 Å². The van der Waals surface area contributed by atoms with Gasteiger partial charge in [0.15, 0.2) is 0 Å². The highest BCUT2D eigenvalue weighted by Crippen LogP contribution is 2.38. The monoisotopic (exact) mass is 312 g/mol. The molecule has 0 unspecified atom stereocenters. The van der Waals surface area contributed by atoms with E-state index >= 15 is 0 Å². The van der Waals surface area contributed by atoms with Crippen LogP contribution in [0.1, 0.15) is 19.3 Å². The minimum absolute atomic E-state index is 0.0282. The molecule has 2 fully saturated rings. The largest absolute Gasteiger partial charge is 0.356 e. The van der Waals surface area contributed by atoms with E-state index in [1.807, 2.05) is 0 Å². The molecule has 0 radical (unpaired) electrons. The number of piperidine rings is 1. The van der Waals surface area contributed by atoms with Gasteiger partial charge in [0.05, 0.1) is 0 Å². The van der Waals surface area contributed by atoms with E-state index < -0.39 is 15.8 Å². The highest BCUT2D eigenvalue weighted by atomic mass is 32.2. The molecule has 1 spiro atoms. The van der Waals surface area contributed by atoms with Gasteiger partial charge >= 0.3 is 0 Å². The average molecular weight is 312 g/mol. The summed E-state index contributed by atoms with van der Waals surface area (Å²) >= 11 is 0. The van der Waals surface area contributed by atoms with Gasteiger partial charge < -0.3 is 5.32 Å². The fourth-order valence-electron chi connectivity index (χ4n) is 3.10. The molecule has 0 aromatic heterocycles. The van der Waals surface area contributed by atoms with E-state index in [-0.39, 0.29) is 16.2 Å². The molecule has 1 amide bonds. The van der Waals surface area contributed by atoms with Crippen LogP contribution in [0.4, 0.5) is 4.39 Å². The summed E-state index contributed by atoms with van der Waals surface area (Å²) in [5.74, 6) is -0.698. The molecule has 21 heavy (non-hydrogen) atoms. The number of halogens is 1. The Morgan fingerprint density at radius 1 is 1.19 bits per heavy atom. The zero-order valence-electron chi connectivity index (χ0n) is 11.5. The summed E-state index contributed by atoms with van der Waals surface area (Å²) in [7, 11) is -3.80. The molecule has 0 bridgehead atoms. The van der Waals surface area contributed by atoms with Crippen molar-refractivity contribution in [1.29, 1.82) is 0 Å². The van der Waals surface area contributed by atoms with E-state index in [9.17, 15) is 17.6 Å². The van der Waals surface area contributed by atoms with Crippen LogP contribution in [0.2, 0.25) is 0 Å². The Morgan fingerprint density at radius 2 is 1.86 bits per heavy atom. The molecule has 1 aromatic carbocycles. The molecular weight excluding hydrogens is 295 g/mol. The molecule has 7 heteroatoms. The van der Waals surface area contributed by atoms with Crippen molar-refractivity contribution < 1.29 is 17.6 Å². The summed E-state index contributed by atoms with van der Waals surface area (Å²) in [4.78, 5) is 11.1. The van der Waals surface area contributed by atoms with Crippen LogP contribution >= 0.6 is 0 Å². The number of hydrogen-bond acceptors (Lipinski definition) is 3. The van der Waals surface area contributed by atoms with Gasteiger partial charge in [-0.1, -0.05) is 12.1 Å². The van der Waals surface area contributed by atoms with E-state index in [1.165, 1.54) is 22.5 Å². The number of carbonyl (C=O) groups is 1. The first-order valence-electron chi connectivity index (χ1n) is 6.94. The van der Waals surface area contributed by atoms with E-state index in [4.69, 9.17) is 0 Å². The quantitative estimate of drug-likeness (QED) is 0.890. The number of sulfonamides is 1. The van der Waals surface area contributed by atoms with Crippen LogP contribution in [0.15, 0.2) is 29.2 Å². The second kappa shape index (κ2) is 5.06. The molecule has 2 saturated heterocycles. The number of carbonyl (C=O) groups excluding carboxylic acids is 1. The third kappa shape index (κ3) is 2.55.